The normalized spacial score (nSPS) is 12.8. The summed E-state index contributed by atoms with van der Waals surface area (Å²) in [7, 11) is 2.05. The molecule has 0 amide bonds. The summed E-state index contributed by atoms with van der Waals surface area (Å²) in [4.78, 5) is 7.89. The van der Waals surface area contributed by atoms with Crippen LogP contribution in [0, 0.1) is 0 Å². The van der Waals surface area contributed by atoms with Crippen molar-refractivity contribution >= 4 is 27.8 Å². The molecule has 4 nitrogen and oxygen atoms in total. The lowest BCUT2D eigenvalue weighted by Crippen LogP contribution is -2.21. The van der Waals surface area contributed by atoms with Crippen molar-refractivity contribution in [3.8, 4) is 0 Å². The second-order valence-corrected chi connectivity index (χ2v) is 5.89. The Hall–Kier alpha value is -1.85. The van der Waals surface area contributed by atoms with Crippen LogP contribution in [0.25, 0.3) is 4.96 Å². The third kappa shape index (κ3) is 2.30. The Balaban J connectivity index is 2.08. The van der Waals surface area contributed by atoms with Gasteiger partial charge in [0, 0.05) is 36.8 Å². The van der Waals surface area contributed by atoms with Gasteiger partial charge in [-0.15, -0.1) is 11.3 Å². The van der Waals surface area contributed by atoms with E-state index in [9.17, 15) is 0 Å². The van der Waals surface area contributed by atoms with Gasteiger partial charge in [-0.25, -0.2) is 4.98 Å². The number of anilines is 2. The molecule has 2 heterocycles. The highest BCUT2D eigenvalue weighted by Crippen LogP contribution is 2.29. The number of aromatic nitrogens is 2. The monoisotopic (exact) mass is 286 g/mol. The molecule has 3 rings (SSSR count). The third-order valence-electron chi connectivity index (χ3n) is 3.32. The van der Waals surface area contributed by atoms with Crippen LogP contribution in [0.15, 0.2) is 41.9 Å². The molecule has 0 aliphatic heterocycles. The zero-order valence-electron chi connectivity index (χ0n) is 11.7. The number of hydrogen-bond donors (Lipinski definition) is 1. The number of hydrogen-bond acceptors (Lipinski definition) is 4. The fourth-order valence-electron chi connectivity index (χ4n) is 2.36. The van der Waals surface area contributed by atoms with Crippen LogP contribution in [-0.4, -0.2) is 22.5 Å². The lowest BCUT2D eigenvalue weighted by atomic mass is 10.2. The van der Waals surface area contributed by atoms with E-state index in [2.05, 4.69) is 33.0 Å². The van der Waals surface area contributed by atoms with Crippen LogP contribution in [-0.2, 0) is 6.42 Å². The average Bonchev–Trinajstić information content (AvgIpc) is 3.01. The maximum Gasteiger partial charge on any atom is 0.195 e. The number of nitrogens with two attached hydrogens (primary N) is 1. The van der Waals surface area contributed by atoms with Gasteiger partial charge < -0.3 is 10.6 Å². The van der Waals surface area contributed by atoms with Crippen LogP contribution >= 0.6 is 11.3 Å². The van der Waals surface area contributed by atoms with E-state index in [1.54, 1.807) is 11.3 Å². The SMILES string of the molecule is CC(N)Cc1c(N(C)c2ccccc2)nc2sccn12. The fourth-order valence-corrected chi connectivity index (χ4v) is 3.09. The van der Waals surface area contributed by atoms with Crippen molar-refractivity contribution < 1.29 is 0 Å². The molecule has 0 saturated heterocycles. The first-order valence-corrected chi connectivity index (χ1v) is 7.53. The lowest BCUT2D eigenvalue weighted by Gasteiger charge is -2.19. The van der Waals surface area contributed by atoms with E-state index in [-0.39, 0.29) is 6.04 Å². The van der Waals surface area contributed by atoms with Gasteiger partial charge in [0.25, 0.3) is 0 Å². The number of fused-ring (bicyclic) bond motifs is 1. The Morgan fingerprint density at radius 2 is 2.10 bits per heavy atom. The molecule has 2 N–H and O–H groups in total. The smallest absolute Gasteiger partial charge is 0.195 e. The van der Waals surface area contributed by atoms with Crippen LogP contribution in [0.4, 0.5) is 11.5 Å². The highest BCUT2D eigenvalue weighted by molar-refractivity contribution is 7.15. The molecule has 104 valence electrons. The number of para-hydroxylation sites is 1. The molecule has 0 bridgehead atoms. The van der Waals surface area contributed by atoms with Crippen molar-refractivity contribution in [1.82, 2.24) is 9.38 Å². The second-order valence-electron chi connectivity index (χ2n) is 5.01. The number of imidazole rings is 1. The minimum atomic E-state index is 0.109. The summed E-state index contributed by atoms with van der Waals surface area (Å²) in [6.45, 7) is 2.03. The minimum Gasteiger partial charge on any atom is -0.328 e. The summed E-state index contributed by atoms with van der Waals surface area (Å²) in [5.74, 6) is 0.986. The predicted molar refractivity (Wildman–Crippen MR) is 84.9 cm³/mol. The largest absolute Gasteiger partial charge is 0.328 e. The minimum absolute atomic E-state index is 0.109. The van der Waals surface area contributed by atoms with Crippen molar-refractivity contribution in [3.63, 3.8) is 0 Å². The molecule has 20 heavy (non-hydrogen) atoms. The molecule has 2 aromatic heterocycles. The van der Waals surface area contributed by atoms with Gasteiger partial charge in [0.2, 0.25) is 0 Å². The Kier molecular flexibility index (Phi) is 3.46. The van der Waals surface area contributed by atoms with Gasteiger partial charge in [-0.3, -0.25) is 4.40 Å². The van der Waals surface area contributed by atoms with E-state index in [0.717, 1.165) is 22.9 Å². The molecule has 5 heteroatoms. The number of nitrogens with zero attached hydrogens (tertiary/aromatic N) is 3. The number of benzene rings is 1. The van der Waals surface area contributed by atoms with Crippen molar-refractivity contribution in [3.05, 3.63) is 47.6 Å². The van der Waals surface area contributed by atoms with Gasteiger partial charge in [0.1, 0.15) is 0 Å². The molecule has 3 aromatic rings. The molecule has 1 aromatic carbocycles. The average molecular weight is 286 g/mol. The summed E-state index contributed by atoms with van der Waals surface area (Å²) in [6, 6.07) is 10.4. The molecule has 0 saturated carbocycles. The molecule has 0 radical (unpaired) electrons. The highest BCUT2D eigenvalue weighted by Gasteiger charge is 2.18. The quantitative estimate of drug-likeness (QED) is 0.802. The number of rotatable bonds is 4. The van der Waals surface area contributed by atoms with Crippen molar-refractivity contribution in [2.75, 3.05) is 11.9 Å². The summed E-state index contributed by atoms with van der Waals surface area (Å²) < 4.78 is 2.14. The van der Waals surface area contributed by atoms with Crippen molar-refractivity contribution in [1.29, 1.82) is 0 Å². The van der Waals surface area contributed by atoms with Crippen LogP contribution in [0.5, 0.6) is 0 Å². The Labute approximate surface area is 122 Å². The van der Waals surface area contributed by atoms with Gasteiger partial charge in [-0.1, -0.05) is 18.2 Å². The van der Waals surface area contributed by atoms with Crippen LogP contribution in [0.3, 0.4) is 0 Å². The maximum absolute atomic E-state index is 5.99. The second kappa shape index (κ2) is 5.26. The van der Waals surface area contributed by atoms with E-state index < -0.39 is 0 Å². The molecule has 0 aliphatic rings. The van der Waals surface area contributed by atoms with Crippen molar-refractivity contribution in [2.24, 2.45) is 5.73 Å². The maximum atomic E-state index is 5.99. The molecule has 0 aliphatic carbocycles. The molecular weight excluding hydrogens is 268 g/mol. The van der Waals surface area contributed by atoms with E-state index in [1.165, 1.54) is 5.69 Å². The van der Waals surface area contributed by atoms with Gasteiger partial charge in [0.15, 0.2) is 10.8 Å². The van der Waals surface area contributed by atoms with Gasteiger partial charge in [0.05, 0.1) is 5.69 Å². The summed E-state index contributed by atoms with van der Waals surface area (Å²) in [6.07, 6.45) is 2.87. The zero-order valence-corrected chi connectivity index (χ0v) is 12.5. The standard InChI is InChI=1S/C15H18N4S/c1-11(16)10-13-14(17-15-19(13)8-9-20-15)18(2)12-6-4-3-5-7-12/h3-9,11H,10,16H2,1-2H3. The van der Waals surface area contributed by atoms with E-state index in [4.69, 9.17) is 10.7 Å². The molecule has 0 spiro atoms. The predicted octanol–water partition coefficient (Wildman–Crippen LogP) is 3.05. The van der Waals surface area contributed by atoms with E-state index >= 15 is 0 Å². The zero-order chi connectivity index (χ0) is 14.1. The topological polar surface area (TPSA) is 46.6 Å². The van der Waals surface area contributed by atoms with Gasteiger partial charge in [-0.05, 0) is 19.1 Å². The van der Waals surface area contributed by atoms with E-state index in [1.807, 2.05) is 32.2 Å². The third-order valence-corrected chi connectivity index (χ3v) is 4.07. The Morgan fingerprint density at radius 3 is 2.80 bits per heavy atom. The summed E-state index contributed by atoms with van der Waals surface area (Å²) >= 11 is 1.65. The summed E-state index contributed by atoms with van der Waals surface area (Å²) in [5, 5.41) is 2.05. The fraction of sp³-hybridized carbons (Fsp3) is 0.267. The van der Waals surface area contributed by atoms with Gasteiger partial charge >= 0.3 is 0 Å². The first kappa shape index (κ1) is 13.1. The Morgan fingerprint density at radius 1 is 1.35 bits per heavy atom. The molecular formula is C15H18N4S. The molecule has 1 atom stereocenters. The first-order chi connectivity index (χ1) is 9.66. The van der Waals surface area contributed by atoms with Crippen LogP contribution in [0.1, 0.15) is 12.6 Å². The lowest BCUT2D eigenvalue weighted by molar-refractivity contribution is 0.717. The number of thiazole rings is 1. The van der Waals surface area contributed by atoms with Crippen LogP contribution in [0.2, 0.25) is 0 Å². The Bertz CT molecular complexity index is 699. The van der Waals surface area contributed by atoms with Crippen LogP contribution < -0.4 is 10.6 Å². The van der Waals surface area contributed by atoms with Crippen molar-refractivity contribution in [2.45, 2.75) is 19.4 Å². The summed E-state index contributed by atoms with van der Waals surface area (Å²) in [5.41, 5.74) is 8.29. The first-order valence-electron chi connectivity index (χ1n) is 6.65. The highest BCUT2D eigenvalue weighted by atomic mass is 32.1. The van der Waals surface area contributed by atoms with Gasteiger partial charge in [-0.2, -0.15) is 0 Å². The molecule has 1 unspecified atom stereocenters. The molecule has 0 fully saturated rings. The van der Waals surface area contributed by atoms with E-state index in [0.29, 0.717) is 0 Å².